The zero-order valence-electron chi connectivity index (χ0n) is 24.8. The second-order valence-corrected chi connectivity index (χ2v) is 10.9. The maximum atomic E-state index is 15.7. The van der Waals surface area contributed by atoms with Gasteiger partial charge in [-0.15, -0.1) is 0 Å². The molecule has 6 rings (SSSR count). The Morgan fingerprint density at radius 1 is 1.02 bits per heavy atom. The van der Waals surface area contributed by atoms with Gasteiger partial charge >= 0.3 is 5.97 Å². The van der Waals surface area contributed by atoms with Crippen molar-refractivity contribution < 1.29 is 37.3 Å². The van der Waals surface area contributed by atoms with Gasteiger partial charge in [0.25, 0.3) is 0 Å². The first-order chi connectivity index (χ1) is 22.7. The third-order valence-corrected chi connectivity index (χ3v) is 8.02. The monoisotopic (exact) mass is 641 g/mol. The van der Waals surface area contributed by atoms with Crippen molar-refractivity contribution in [3.05, 3.63) is 112 Å². The maximum absolute atomic E-state index is 15.7. The molecule has 0 saturated carbocycles. The predicted octanol–water partition coefficient (Wildman–Crippen LogP) is 5.19. The highest BCUT2D eigenvalue weighted by atomic mass is 19.1. The van der Waals surface area contributed by atoms with Crippen LogP contribution in [0.25, 0.3) is 22.3 Å². The van der Waals surface area contributed by atoms with Gasteiger partial charge in [-0.25, -0.2) is 27.9 Å². The lowest BCUT2D eigenvalue weighted by atomic mass is 10.0. The largest absolute Gasteiger partial charge is 0.478 e. The Morgan fingerprint density at radius 2 is 1.83 bits per heavy atom. The van der Waals surface area contributed by atoms with Gasteiger partial charge in [-0.3, -0.25) is 4.79 Å². The van der Waals surface area contributed by atoms with E-state index in [9.17, 15) is 19.1 Å². The molecular formula is C34H26F3N5O5. The van der Waals surface area contributed by atoms with Crippen LogP contribution in [0.1, 0.15) is 38.9 Å². The van der Waals surface area contributed by atoms with Gasteiger partial charge in [0.2, 0.25) is 11.8 Å². The zero-order chi connectivity index (χ0) is 33.2. The molecule has 1 saturated heterocycles. The standard InChI is InChI=1S/C34H26F3N5O5/c1-39-33(43)23-16-46-17-30(23)42-29-11-19(34(44)45)7-8-28(29)40-31(42)12-21-10-26(37)22(13-25(21)36)27-3-2-4-32(41-27)47-15-20-6-5-18(14-38)9-24(20)35/h2-11,13,23,30H,12,15-17H2,1H3,(H,39,43)(H,44,45)/t23-,30+/m1/s1. The number of ether oxygens (including phenoxy) is 2. The molecule has 3 heterocycles. The number of carboxylic acids is 1. The summed E-state index contributed by atoms with van der Waals surface area (Å²) in [5, 5.41) is 21.1. The smallest absolute Gasteiger partial charge is 0.335 e. The van der Waals surface area contributed by atoms with E-state index < -0.39 is 35.4 Å². The van der Waals surface area contributed by atoms with Crippen LogP contribution in [0, 0.1) is 34.7 Å². The first kappa shape index (κ1) is 31.3. The van der Waals surface area contributed by atoms with Gasteiger partial charge in [-0.1, -0.05) is 12.1 Å². The molecule has 2 atom stereocenters. The second-order valence-electron chi connectivity index (χ2n) is 10.9. The highest BCUT2D eigenvalue weighted by Crippen LogP contribution is 2.34. The zero-order valence-corrected chi connectivity index (χ0v) is 24.8. The lowest BCUT2D eigenvalue weighted by Gasteiger charge is -2.21. The summed E-state index contributed by atoms with van der Waals surface area (Å²) in [6.45, 7) is 0.0506. The molecule has 1 fully saturated rings. The third kappa shape index (κ3) is 6.23. The second kappa shape index (κ2) is 12.9. The van der Waals surface area contributed by atoms with E-state index in [2.05, 4.69) is 15.3 Å². The molecule has 47 heavy (non-hydrogen) atoms. The molecule has 2 N–H and O–H groups in total. The number of carboxylic acid groups (broad SMARTS) is 1. The molecule has 0 aliphatic carbocycles. The van der Waals surface area contributed by atoms with Crippen LogP contribution >= 0.6 is 0 Å². The minimum Gasteiger partial charge on any atom is -0.478 e. The molecule has 3 aromatic carbocycles. The van der Waals surface area contributed by atoms with Gasteiger partial charge in [0.05, 0.1) is 59.1 Å². The van der Waals surface area contributed by atoms with E-state index in [4.69, 9.17) is 14.7 Å². The third-order valence-electron chi connectivity index (χ3n) is 8.02. The Morgan fingerprint density at radius 3 is 2.57 bits per heavy atom. The normalized spacial score (nSPS) is 15.8. The van der Waals surface area contributed by atoms with Gasteiger partial charge in [0.1, 0.15) is 29.9 Å². The van der Waals surface area contributed by atoms with Crippen LogP contribution in [-0.2, 0) is 22.6 Å². The lowest BCUT2D eigenvalue weighted by molar-refractivity contribution is -0.125. The molecule has 1 aliphatic heterocycles. The number of carbonyl (C=O) groups is 2. The number of aromatic nitrogens is 3. The van der Waals surface area contributed by atoms with Crippen LogP contribution in [0.5, 0.6) is 5.88 Å². The molecule has 1 aliphatic rings. The number of amides is 1. The van der Waals surface area contributed by atoms with E-state index in [-0.39, 0.29) is 71.5 Å². The summed E-state index contributed by atoms with van der Waals surface area (Å²) in [6, 6.07) is 16.2. The number of nitriles is 1. The molecule has 0 bridgehead atoms. The van der Waals surface area contributed by atoms with Gasteiger partial charge in [-0.05, 0) is 54.1 Å². The number of hydrogen-bond acceptors (Lipinski definition) is 7. The topological polar surface area (TPSA) is 139 Å². The van der Waals surface area contributed by atoms with E-state index in [1.165, 1.54) is 49.5 Å². The fourth-order valence-corrected chi connectivity index (χ4v) is 5.62. The Labute approximate surface area is 266 Å². The number of imidazole rings is 1. The molecule has 0 spiro atoms. The van der Waals surface area contributed by atoms with Crippen molar-refractivity contribution in [3.8, 4) is 23.2 Å². The number of nitrogens with one attached hydrogen (secondary N) is 1. The maximum Gasteiger partial charge on any atom is 0.335 e. The number of benzene rings is 3. The van der Waals surface area contributed by atoms with E-state index in [1.807, 2.05) is 6.07 Å². The van der Waals surface area contributed by atoms with Crippen molar-refractivity contribution in [1.82, 2.24) is 19.9 Å². The molecular weight excluding hydrogens is 615 g/mol. The number of halogens is 3. The molecule has 1 amide bonds. The van der Waals surface area contributed by atoms with Gasteiger partial charge in [0.15, 0.2) is 0 Å². The van der Waals surface area contributed by atoms with E-state index in [0.29, 0.717) is 16.9 Å². The number of hydrogen-bond donors (Lipinski definition) is 2. The quantitative estimate of drug-likeness (QED) is 0.224. The van der Waals surface area contributed by atoms with Gasteiger partial charge in [-0.2, -0.15) is 5.26 Å². The van der Waals surface area contributed by atoms with Crippen LogP contribution in [0.15, 0.2) is 66.7 Å². The predicted molar refractivity (Wildman–Crippen MR) is 162 cm³/mol. The number of fused-ring (bicyclic) bond motifs is 1. The van der Waals surface area contributed by atoms with Gasteiger partial charge < -0.3 is 24.5 Å². The minimum absolute atomic E-state index is 0.00272. The molecule has 10 nitrogen and oxygen atoms in total. The molecule has 238 valence electrons. The SMILES string of the molecule is CNC(=O)[C@@H]1COC[C@@H]1n1c(Cc2cc(F)c(-c3cccc(OCc4ccc(C#N)cc4F)n3)cc2F)nc2ccc(C(=O)O)cc21. The van der Waals surface area contributed by atoms with Crippen molar-refractivity contribution in [2.45, 2.75) is 19.1 Å². The van der Waals surface area contributed by atoms with Crippen molar-refractivity contribution >= 4 is 22.9 Å². The van der Waals surface area contributed by atoms with Crippen LogP contribution in [0.4, 0.5) is 13.2 Å². The molecule has 0 radical (unpaired) electrons. The average Bonchev–Trinajstić information content (AvgIpc) is 3.69. The highest BCUT2D eigenvalue weighted by molar-refractivity contribution is 5.92. The van der Waals surface area contributed by atoms with Crippen molar-refractivity contribution in [1.29, 1.82) is 5.26 Å². The molecule has 5 aromatic rings. The van der Waals surface area contributed by atoms with Crippen molar-refractivity contribution in [2.75, 3.05) is 20.3 Å². The fraction of sp³-hybridized carbons (Fsp3) is 0.206. The number of aromatic carboxylic acids is 1. The minimum atomic E-state index is -1.15. The van der Waals surface area contributed by atoms with Crippen LogP contribution < -0.4 is 10.1 Å². The number of pyridine rings is 1. The Balaban J connectivity index is 1.31. The summed E-state index contributed by atoms with van der Waals surface area (Å²) in [7, 11) is 1.50. The summed E-state index contributed by atoms with van der Waals surface area (Å²) in [5.74, 6) is -3.85. The fourth-order valence-electron chi connectivity index (χ4n) is 5.62. The summed E-state index contributed by atoms with van der Waals surface area (Å²) < 4.78 is 58.4. The van der Waals surface area contributed by atoms with Gasteiger partial charge in [0, 0.05) is 30.7 Å². The molecule has 13 heteroatoms. The Kier molecular flexibility index (Phi) is 8.60. The van der Waals surface area contributed by atoms with Crippen LogP contribution in [0.3, 0.4) is 0 Å². The lowest BCUT2D eigenvalue weighted by Crippen LogP contribution is -2.34. The average molecular weight is 642 g/mol. The Hall–Kier alpha value is -5.74. The van der Waals surface area contributed by atoms with Crippen molar-refractivity contribution in [2.24, 2.45) is 5.92 Å². The first-order valence-corrected chi connectivity index (χ1v) is 14.5. The summed E-state index contributed by atoms with van der Waals surface area (Å²) in [5.41, 5.74) is 1.12. The number of nitrogens with zero attached hydrogens (tertiary/aromatic N) is 4. The van der Waals surface area contributed by atoms with Crippen LogP contribution in [-0.4, -0.2) is 51.8 Å². The molecule has 0 unspecified atom stereocenters. The summed E-state index contributed by atoms with van der Waals surface area (Å²) >= 11 is 0. The first-order valence-electron chi connectivity index (χ1n) is 14.5. The summed E-state index contributed by atoms with van der Waals surface area (Å²) in [6.07, 6.45) is -0.177. The van der Waals surface area contributed by atoms with E-state index >= 15 is 8.78 Å². The van der Waals surface area contributed by atoms with Crippen LogP contribution in [0.2, 0.25) is 0 Å². The summed E-state index contributed by atoms with van der Waals surface area (Å²) in [4.78, 5) is 33.3. The molecule has 2 aromatic heterocycles. The highest BCUT2D eigenvalue weighted by Gasteiger charge is 2.37. The Bertz CT molecular complexity index is 2080. The number of rotatable bonds is 9. The van der Waals surface area contributed by atoms with Crippen molar-refractivity contribution in [3.63, 3.8) is 0 Å². The van der Waals surface area contributed by atoms with E-state index in [1.54, 1.807) is 10.6 Å². The van der Waals surface area contributed by atoms with E-state index in [0.717, 1.165) is 18.2 Å². The number of carbonyl (C=O) groups excluding carboxylic acids is 1.